The lowest BCUT2D eigenvalue weighted by atomic mass is 9.70. The molecule has 11 aromatic rings. The van der Waals surface area contributed by atoms with Crippen molar-refractivity contribution in [3.05, 3.63) is 274 Å². The minimum atomic E-state index is -0.00586. The minimum absolute atomic E-state index is 0.00586. The number of anilines is 3. The first-order chi connectivity index (χ1) is 42.9. The summed E-state index contributed by atoms with van der Waals surface area (Å²) in [4.78, 5) is 2.42. The summed E-state index contributed by atoms with van der Waals surface area (Å²) in [6.07, 6.45) is 26.3. The zero-order valence-corrected chi connectivity index (χ0v) is 52.0. The first kappa shape index (κ1) is 56.6. The summed E-state index contributed by atoms with van der Waals surface area (Å²) in [7, 11) is 0. The van der Waals surface area contributed by atoms with E-state index in [1.54, 1.807) is 33.4 Å². The molecule has 87 heavy (non-hydrogen) atoms. The molecule has 436 valence electrons. The smallest absolute Gasteiger partial charge is 0.0547 e. The summed E-state index contributed by atoms with van der Waals surface area (Å²) in [5.74, 6) is 0. The molecule has 0 saturated heterocycles. The van der Waals surface area contributed by atoms with Crippen LogP contribution in [-0.4, -0.2) is 4.57 Å². The van der Waals surface area contributed by atoms with Gasteiger partial charge in [-0.2, -0.15) is 0 Å². The maximum atomic E-state index is 2.62. The Morgan fingerprint density at radius 3 is 1.41 bits per heavy atom. The van der Waals surface area contributed by atoms with Crippen LogP contribution in [-0.2, 0) is 50.4 Å². The van der Waals surface area contributed by atoms with E-state index >= 15 is 0 Å². The molecule has 1 aromatic heterocycles. The third kappa shape index (κ3) is 11.7. The number of aryl methyl sites for hydroxylation is 9. The number of hydrogen-bond donors (Lipinski definition) is 0. The number of benzene rings is 10. The molecule has 2 nitrogen and oxygen atoms in total. The fraction of sp³-hybridized carbons (Fsp3) is 0.294. The standard InChI is InChI=1S/C85H86N2/c1-4-5-6-11-18-62-28-44-76(45-29-62)87-83-22-15-14-21-79(83)80-52-41-72(59-84(80)87)68-38-48-75(49-39-68)86(73-42-23-60(2)24-43-73)74-46-36-67(37-47-74)71-40-51-78-77-50-25-61(3)55-81(77)85(82(78)58-71,53-16-9-7-12-19-63-26-30-65-32-34-69(65)56-63)54-17-10-8-13-20-64-27-31-66-33-35-70(66)57-64/h14-15,21-31,36-52,55-59H,4-13,16-20,32-35,53-54H2,1-3H3. The Morgan fingerprint density at radius 1 is 0.356 bits per heavy atom. The van der Waals surface area contributed by atoms with Crippen molar-refractivity contribution in [2.24, 2.45) is 0 Å². The van der Waals surface area contributed by atoms with Crippen molar-refractivity contribution in [3.8, 4) is 39.1 Å². The average Bonchev–Trinajstić information content (AvgIpc) is 1.62. The normalized spacial score (nSPS) is 13.5. The van der Waals surface area contributed by atoms with Gasteiger partial charge in [0.1, 0.15) is 0 Å². The van der Waals surface area contributed by atoms with Crippen LogP contribution in [0.4, 0.5) is 17.1 Å². The highest BCUT2D eigenvalue weighted by atomic mass is 15.1. The van der Waals surface area contributed by atoms with Gasteiger partial charge in [-0.25, -0.2) is 0 Å². The first-order valence-electron chi connectivity index (χ1n) is 33.5. The van der Waals surface area contributed by atoms with Gasteiger partial charge < -0.3 is 9.47 Å². The monoisotopic (exact) mass is 1130 g/mol. The molecule has 0 N–H and O–H groups in total. The molecule has 3 aliphatic carbocycles. The second-order valence-corrected chi connectivity index (χ2v) is 26.3. The van der Waals surface area contributed by atoms with Crippen molar-refractivity contribution in [2.75, 3.05) is 4.90 Å². The lowest BCUT2D eigenvalue weighted by molar-refractivity contribution is 0.399. The van der Waals surface area contributed by atoms with E-state index in [2.05, 4.69) is 243 Å². The van der Waals surface area contributed by atoms with Crippen LogP contribution < -0.4 is 4.90 Å². The Hall–Kier alpha value is -8.20. The highest BCUT2D eigenvalue weighted by molar-refractivity contribution is 6.10. The Balaban J connectivity index is 0.734. The highest BCUT2D eigenvalue weighted by Gasteiger charge is 2.42. The quantitative estimate of drug-likeness (QED) is 0.0518. The fourth-order valence-electron chi connectivity index (χ4n) is 15.2. The molecule has 14 rings (SSSR count). The summed E-state index contributed by atoms with van der Waals surface area (Å²) < 4.78 is 2.46. The van der Waals surface area contributed by atoms with E-state index in [4.69, 9.17) is 0 Å². The van der Waals surface area contributed by atoms with Crippen LogP contribution in [0.1, 0.15) is 158 Å². The molecule has 0 radical (unpaired) electrons. The molecule has 0 saturated carbocycles. The molecule has 1 heterocycles. The van der Waals surface area contributed by atoms with E-state index in [0.29, 0.717) is 0 Å². The van der Waals surface area contributed by atoms with Gasteiger partial charge in [0, 0.05) is 38.9 Å². The molecule has 2 heteroatoms. The second kappa shape index (κ2) is 25.3. The van der Waals surface area contributed by atoms with Crippen LogP contribution in [0.5, 0.6) is 0 Å². The van der Waals surface area contributed by atoms with Gasteiger partial charge in [0.2, 0.25) is 0 Å². The maximum absolute atomic E-state index is 2.62. The van der Waals surface area contributed by atoms with E-state index in [0.717, 1.165) is 23.5 Å². The van der Waals surface area contributed by atoms with Crippen molar-refractivity contribution >= 4 is 38.9 Å². The van der Waals surface area contributed by atoms with E-state index in [1.807, 2.05) is 0 Å². The molecular weight excluding hydrogens is 1050 g/mol. The van der Waals surface area contributed by atoms with E-state index in [1.165, 1.54) is 217 Å². The topological polar surface area (TPSA) is 8.17 Å². The van der Waals surface area contributed by atoms with Gasteiger partial charge in [-0.05, 0) is 241 Å². The minimum Gasteiger partial charge on any atom is -0.311 e. The molecule has 0 aliphatic heterocycles. The molecule has 0 amide bonds. The van der Waals surface area contributed by atoms with Crippen LogP contribution in [0.3, 0.4) is 0 Å². The van der Waals surface area contributed by atoms with Gasteiger partial charge in [-0.1, -0.05) is 221 Å². The molecular formula is C85H86N2. The third-order valence-corrected chi connectivity index (χ3v) is 20.4. The van der Waals surface area contributed by atoms with E-state index in [-0.39, 0.29) is 5.41 Å². The Morgan fingerprint density at radius 2 is 0.828 bits per heavy atom. The maximum Gasteiger partial charge on any atom is 0.0547 e. The summed E-state index contributed by atoms with van der Waals surface area (Å²) >= 11 is 0. The van der Waals surface area contributed by atoms with Gasteiger partial charge >= 0.3 is 0 Å². The molecule has 0 spiro atoms. The van der Waals surface area contributed by atoms with Gasteiger partial charge in [-0.3, -0.25) is 0 Å². The van der Waals surface area contributed by atoms with Crippen molar-refractivity contribution in [2.45, 2.75) is 161 Å². The summed E-state index contributed by atoms with van der Waals surface area (Å²) in [6, 6.07) is 82.3. The molecule has 0 unspecified atom stereocenters. The summed E-state index contributed by atoms with van der Waals surface area (Å²) in [5.41, 5.74) is 31.6. The van der Waals surface area contributed by atoms with Crippen LogP contribution in [0.15, 0.2) is 212 Å². The molecule has 10 aromatic carbocycles. The van der Waals surface area contributed by atoms with E-state index in [9.17, 15) is 0 Å². The second-order valence-electron chi connectivity index (χ2n) is 26.3. The van der Waals surface area contributed by atoms with Gasteiger partial charge in [0.25, 0.3) is 0 Å². The van der Waals surface area contributed by atoms with E-state index < -0.39 is 0 Å². The van der Waals surface area contributed by atoms with Gasteiger partial charge in [-0.15, -0.1) is 0 Å². The Kier molecular flexibility index (Phi) is 16.4. The predicted octanol–water partition coefficient (Wildman–Crippen LogP) is 23.2. The number of aromatic nitrogens is 1. The first-order valence-corrected chi connectivity index (χ1v) is 33.5. The van der Waals surface area contributed by atoms with Crippen LogP contribution in [0, 0.1) is 13.8 Å². The molecule has 0 atom stereocenters. The lowest BCUT2D eigenvalue weighted by Gasteiger charge is -2.33. The number of nitrogens with zero attached hydrogens (tertiary/aromatic N) is 2. The van der Waals surface area contributed by atoms with Crippen LogP contribution in [0.25, 0.3) is 60.9 Å². The van der Waals surface area contributed by atoms with Crippen molar-refractivity contribution in [3.63, 3.8) is 0 Å². The number of fused-ring (bicyclic) bond motifs is 8. The van der Waals surface area contributed by atoms with Crippen molar-refractivity contribution in [1.82, 2.24) is 4.57 Å². The molecule has 0 bridgehead atoms. The van der Waals surface area contributed by atoms with Gasteiger partial charge in [0.15, 0.2) is 0 Å². The SMILES string of the molecule is CCCCCCc1ccc(-n2c3ccccc3c3ccc(-c4ccc(N(c5ccc(C)cc5)c5ccc(-c6ccc7c(c6)C(CCCCCCc6ccc8c(c6)CC8)(CCCCCCc6ccc8c(c6)CC8)c6cc(C)ccc6-7)cc5)cc4)cc32)cc1. The third-order valence-electron chi connectivity index (χ3n) is 20.4. The number of para-hydroxylation sites is 1. The highest BCUT2D eigenvalue weighted by Crippen LogP contribution is 2.55. The average molecular weight is 1140 g/mol. The summed E-state index contributed by atoms with van der Waals surface area (Å²) in [5, 5.41) is 2.57. The number of rotatable bonds is 25. The Labute approximate surface area is 519 Å². The molecule has 0 fully saturated rings. The Bertz CT molecular complexity index is 4140. The largest absolute Gasteiger partial charge is 0.311 e. The molecule has 3 aliphatic rings. The zero-order chi connectivity index (χ0) is 58.7. The van der Waals surface area contributed by atoms with Crippen LogP contribution >= 0.6 is 0 Å². The number of unbranched alkanes of at least 4 members (excludes halogenated alkanes) is 9. The zero-order valence-electron chi connectivity index (χ0n) is 52.0. The fourth-order valence-corrected chi connectivity index (χ4v) is 15.2. The van der Waals surface area contributed by atoms with Gasteiger partial charge in [0.05, 0.1) is 11.0 Å². The number of hydrogen-bond acceptors (Lipinski definition) is 1. The van der Waals surface area contributed by atoms with Crippen LogP contribution in [0.2, 0.25) is 0 Å². The lowest BCUT2D eigenvalue weighted by Crippen LogP contribution is -2.25. The van der Waals surface area contributed by atoms with Crippen molar-refractivity contribution in [1.29, 1.82) is 0 Å². The van der Waals surface area contributed by atoms with Crippen molar-refractivity contribution < 1.29 is 0 Å². The summed E-state index contributed by atoms with van der Waals surface area (Å²) in [6.45, 7) is 6.77. The predicted molar refractivity (Wildman–Crippen MR) is 371 cm³/mol.